The first kappa shape index (κ1) is 18.7. The van der Waals surface area contributed by atoms with E-state index in [4.69, 9.17) is 10.5 Å². The number of nitrogens with zero attached hydrogens (tertiary/aromatic N) is 4. The van der Waals surface area contributed by atoms with E-state index in [1.54, 1.807) is 11.3 Å². The molecule has 3 rings (SSSR count). The molecule has 130 valence electrons. The van der Waals surface area contributed by atoms with Crippen molar-refractivity contribution in [3.8, 4) is 0 Å². The van der Waals surface area contributed by atoms with Crippen LogP contribution < -0.4 is 10.6 Å². The normalized spacial score (nSPS) is 18.9. The Kier molecular flexibility index (Phi) is 7.84. The quantitative estimate of drug-likeness (QED) is 0.298. The predicted molar refractivity (Wildman–Crippen MR) is 106 cm³/mol. The number of halogens is 1. The van der Waals surface area contributed by atoms with E-state index < -0.39 is 0 Å². The SMILES string of the molecule is I.NC(=NCCCOCC1CC1)N1CCN(c2nccs2)CC1. The highest BCUT2D eigenvalue weighted by molar-refractivity contribution is 14.0. The van der Waals surface area contributed by atoms with Crippen LogP contribution in [-0.2, 0) is 4.74 Å². The lowest BCUT2D eigenvalue weighted by Gasteiger charge is -2.35. The summed E-state index contributed by atoms with van der Waals surface area (Å²) in [5.41, 5.74) is 6.09. The van der Waals surface area contributed by atoms with Gasteiger partial charge in [0.2, 0.25) is 0 Å². The molecule has 0 atom stereocenters. The minimum Gasteiger partial charge on any atom is -0.381 e. The number of guanidine groups is 1. The second-order valence-corrected chi connectivity index (χ2v) is 6.77. The molecule has 2 fully saturated rings. The number of anilines is 1. The van der Waals surface area contributed by atoms with Gasteiger partial charge in [-0.2, -0.15) is 0 Å². The fourth-order valence-electron chi connectivity index (χ4n) is 2.49. The predicted octanol–water partition coefficient (Wildman–Crippen LogP) is 2.01. The van der Waals surface area contributed by atoms with Crippen LogP contribution in [-0.4, -0.2) is 61.8 Å². The summed E-state index contributed by atoms with van der Waals surface area (Å²) in [4.78, 5) is 13.3. The molecule has 2 heterocycles. The van der Waals surface area contributed by atoms with Gasteiger partial charge in [-0.1, -0.05) is 0 Å². The highest BCUT2D eigenvalue weighted by Gasteiger charge is 2.21. The second-order valence-electron chi connectivity index (χ2n) is 5.90. The van der Waals surface area contributed by atoms with Gasteiger partial charge in [-0.15, -0.1) is 35.3 Å². The van der Waals surface area contributed by atoms with E-state index in [1.165, 1.54) is 12.8 Å². The molecule has 0 amide bonds. The maximum absolute atomic E-state index is 6.09. The van der Waals surface area contributed by atoms with Crippen LogP contribution in [0.15, 0.2) is 16.6 Å². The molecule has 1 aromatic heterocycles. The first-order valence-corrected chi connectivity index (χ1v) is 8.98. The monoisotopic (exact) mass is 451 g/mol. The molecule has 1 saturated heterocycles. The molecule has 0 radical (unpaired) electrons. The van der Waals surface area contributed by atoms with Gasteiger partial charge in [-0.05, 0) is 25.2 Å². The minimum absolute atomic E-state index is 0. The molecular formula is C15H26IN5OS. The zero-order valence-electron chi connectivity index (χ0n) is 13.4. The summed E-state index contributed by atoms with van der Waals surface area (Å²) in [6.45, 7) is 6.20. The molecule has 6 nitrogen and oxygen atoms in total. The van der Waals surface area contributed by atoms with Crippen molar-refractivity contribution in [1.29, 1.82) is 0 Å². The third kappa shape index (κ3) is 6.07. The number of piperazine rings is 1. The summed E-state index contributed by atoms with van der Waals surface area (Å²) in [6.07, 6.45) is 5.50. The molecule has 2 aliphatic rings. The molecular weight excluding hydrogens is 425 g/mol. The molecule has 8 heteroatoms. The average Bonchev–Trinajstić information content (AvgIpc) is 3.21. The van der Waals surface area contributed by atoms with Gasteiger partial charge in [-0.3, -0.25) is 4.99 Å². The molecule has 1 aromatic rings. The minimum atomic E-state index is 0. The Labute approximate surface area is 159 Å². The fourth-order valence-corrected chi connectivity index (χ4v) is 3.19. The standard InChI is InChI=1S/C15H25N5OS.HI/c16-14(17-4-1-10-21-12-13-2-3-13)19-6-8-20(9-7-19)15-18-5-11-22-15;/h5,11,13H,1-4,6-10,12H2,(H2,16,17);1H. The smallest absolute Gasteiger partial charge is 0.191 e. The number of rotatable bonds is 7. The van der Waals surface area contributed by atoms with Gasteiger partial charge in [0.1, 0.15) is 0 Å². The molecule has 1 aliphatic heterocycles. The molecule has 0 spiro atoms. The van der Waals surface area contributed by atoms with Gasteiger partial charge < -0.3 is 20.3 Å². The summed E-state index contributed by atoms with van der Waals surface area (Å²) in [5.74, 6) is 1.50. The maximum atomic E-state index is 6.09. The Morgan fingerprint density at radius 3 is 2.78 bits per heavy atom. The molecule has 1 aliphatic carbocycles. The van der Waals surface area contributed by atoms with Crippen LogP contribution in [0, 0.1) is 5.92 Å². The Morgan fingerprint density at radius 2 is 2.13 bits per heavy atom. The Morgan fingerprint density at radius 1 is 1.35 bits per heavy atom. The summed E-state index contributed by atoms with van der Waals surface area (Å²) in [7, 11) is 0. The summed E-state index contributed by atoms with van der Waals surface area (Å²) in [5, 5.41) is 3.12. The van der Waals surface area contributed by atoms with Crippen molar-refractivity contribution in [3.63, 3.8) is 0 Å². The van der Waals surface area contributed by atoms with Gasteiger partial charge >= 0.3 is 0 Å². The number of nitrogens with two attached hydrogens (primary N) is 1. The van der Waals surface area contributed by atoms with E-state index in [9.17, 15) is 0 Å². The zero-order chi connectivity index (χ0) is 15.2. The van der Waals surface area contributed by atoms with Crippen LogP contribution in [0.2, 0.25) is 0 Å². The van der Waals surface area contributed by atoms with Crippen LogP contribution in [0.5, 0.6) is 0 Å². The molecule has 2 N–H and O–H groups in total. The lowest BCUT2D eigenvalue weighted by Crippen LogP contribution is -2.51. The van der Waals surface area contributed by atoms with Crippen molar-refractivity contribution in [2.45, 2.75) is 19.3 Å². The molecule has 0 unspecified atom stereocenters. The van der Waals surface area contributed by atoms with Crippen molar-refractivity contribution < 1.29 is 4.74 Å². The molecule has 23 heavy (non-hydrogen) atoms. The highest BCUT2D eigenvalue weighted by Crippen LogP contribution is 2.28. The van der Waals surface area contributed by atoms with Crippen molar-refractivity contribution in [1.82, 2.24) is 9.88 Å². The topological polar surface area (TPSA) is 67.0 Å². The molecule has 1 saturated carbocycles. The number of thiazole rings is 1. The van der Waals surface area contributed by atoms with Crippen molar-refractivity contribution in [3.05, 3.63) is 11.6 Å². The van der Waals surface area contributed by atoms with Crippen LogP contribution in [0.25, 0.3) is 0 Å². The maximum Gasteiger partial charge on any atom is 0.191 e. The Hall–Kier alpha value is -0.610. The second kappa shape index (κ2) is 9.63. The third-order valence-corrected chi connectivity index (χ3v) is 4.90. The first-order chi connectivity index (χ1) is 10.8. The number of hydrogen-bond acceptors (Lipinski definition) is 5. The zero-order valence-corrected chi connectivity index (χ0v) is 16.5. The van der Waals surface area contributed by atoms with E-state index in [-0.39, 0.29) is 24.0 Å². The van der Waals surface area contributed by atoms with E-state index >= 15 is 0 Å². The number of aliphatic imine (C=N–C) groups is 1. The fraction of sp³-hybridized carbons (Fsp3) is 0.733. The van der Waals surface area contributed by atoms with Crippen LogP contribution in [0.3, 0.4) is 0 Å². The number of ether oxygens (including phenoxy) is 1. The van der Waals surface area contributed by atoms with Crippen molar-refractivity contribution in [2.75, 3.05) is 50.8 Å². The van der Waals surface area contributed by atoms with Gasteiger partial charge in [0.25, 0.3) is 0 Å². The van der Waals surface area contributed by atoms with Crippen molar-refractivity contribution >= 4 is 46.4 Å². The van der Waals surface area contributed by atoms with Gasteiger partial charge in [0.05, 0.1) is 0 Å². The Balaban J connectivity index is 0.00000192. The summed E-state index contributed by atoms with van der Waals surface area (Å²) >= 11 is 1.69. The third-order valence-electron chi connectivity index (χ3n) is 4.06. The van der Waals surface area contributed by atoms with Crippen LogP contribution in [0.1, 0.15) is 19.3 Å². The summed E-state index contributed by atoms with van der Waals surface area (Å²) < 4.78 is 5.60. The van der Waals surface area contributed by atoms with E-state index in [0.717, 1.165) is 63.4 Å². The van der Waals surface area contributed by atoms with Gasteiger partial charge in [-0.25, -0.2) is 4.98 Å². The number of hydrogen-bond donors (Lipinski definition) is 1. The van der Waals surface area contributed by atoms with Gasteiger partial charge in [0.15, 0.2) is 11.1 Å². The van der Waals surface area contributed by atoms with Crippen LogP contribution >= 0.6 is 35.3 Å². The van der Waals surface area contributed by atoms with Crippen molar-refractivity contribution in [2.24, 2.45) is 16.6 Å². The average molecular weight is 451 g/mol. The van der Waals surface area contributed by atoms with Gasteiger partial charge in [0, 0.05) is 57.5 Å². The van der Waals surface area contributed by atoms with E-state index in [2.05, 4.69) is 19.8 Å². The van der Waals surface area contributed by atoms with E-state index in [0.29, 0.717) is 5.96 Å². The molecule has 0 aromatic carbocycles. The van der Waals surface area contributed by atoms with E-state index in [1.807, 2.05) is 11.6 Å². The van der Waals surface area contributed by atoms with Crippen LogP contribution in [0.4, 0.5) is 5.13 Å². The highest BCUT2D eigenvalue weighted by atomic mass is 127. The number of aromatic nitrogens is 1. The lowest BCUT2D eigenvalue weighted by atomic mass is 10.3. The Bertz CT molecular complexity index is 472. The first-order valence-electron chi connectivity index (χ1n) is 8.10. The molecule has 0 bridgehead atoms. The lowest BCUT2D eigenvalue weighted by molar-refractivity contribution is 0.123. The summed E-state index contributed by atoms with van der Waals surface area (Å²) in [6, 6.07) is 0. The largest absolute Gasteiger partial charge is 0.381 e.